The van der Waals surface area contributed by atoms with E-state index < -0.39 is 0 Å². The zero-order valence-corrected chi connectivity index (χ0v) is 13.7. The van der Waals surface area contributed by atoms with Gasteiger partial charge in [0.2, 0.25) is 0 Å². The summed E-state index contributed by atoms with van der Waals surface area (Å²) in [5, 5.41) is 12.4. The van der Waals surface area contributed by atoms with Crippen molar-refractivity contribution in [3.8, 4) is 0 Å². The molecule has 0 saturated heterocycles. The van der Waals surface area contributed by atoms with Crippen LogP contribution in [0, 0.1) is 5.92 Å². The van der Waals surface area contributed by atoms with E-state index in [1.807, 2.05) is 42.5 Å². The van der Waals surface area contributed by atoms with Crippen molar-refractivity contribution >= 4 is 5.91 Å². The van der Waals surface area contributed by atoms with Crippen LogP contribution in [0.4, 0.5) is 0 Å². The Morgan fingerprint density at radius 3 is 2.48 bits per heavy atom. The lowest BCUT2D eigenvalue weighted by atomic mass is 10.0. The van der Waals surface area contributed by atoms with Crippen LogP contribution in [0.15, 0.2) is 48.7 Å². The van der Waals surface area contributed by atoms with E-state index >= 15 is 0 Å². The van der Waals surface area contributed by atoms with Crippen LogP contribution in [0.2, 0.25) is 0 Å². The van der Waals surface area contributed by atoms with Crippen molar-refractivity contribution in [2.24, 2.45) is 5.92 Å². The molecule has 1 amide bonds. The number of hydrogen-bond donors (Lipinski definition) is 2. The molecule has 2 aromatic rings. The largest absolute Gasteiger partial charge is 0.396 e. The standard InChI is InChI=1S/C19H24N2O2/c1-14(2)16-6-8-17(9-7-16)19(23)21-12-15(13-22)11-18-5-3-4-10-20-18/h3-10,14-15,22H,11-13H2,1-2H3,(H,21,23). The number of carbonyl (C=O) groups is 1. The molecule has 1 heterocycles. The second-order valence-corrected chi connectivity index (χ2v) is 6.06. The first kappa shape index (κ1) is 17.2. The van der Waals surface area contributed by atoms with Crippen LogP contribution in [0.3, 0.4) is 0 Å². The molecule has 0 aliphatic rings. The van der Waals surface area contributed by atoms with E-state index in [0.29, 0.717) is 24.4 Å². The number of aliphatic hydroxyl groups excluding tert-OH is 1. The van der Waals surface area contributed by atoms with Crippen LogP contribution in [0.5, 0.6) is 0 Å². The lowest BCUT2D eigenvalue weighted by molar-refractivity contribution is 0.0940. The highest BCUT2D eigenvalue weighted by Gasteiger charge is 2.12. The van der Waals surface area contributed by atoms with Crippen molar-refractivity contribution in [2.45, 2.75) is 26.2 Å². The molecule has 0 spiro atoms. The molecule has 1 atom stereocenters. The van der Waals surface area contributed by atoms with Gasteiger partial charge in [-0.15, -0.1) is 0 Å². The Morgan fingerprint density at radius 1 is 1.17 bits per heavy atom. The molecular formula is C19H24N2O2. The SMILES string of the molecule is CC(C)c1ccc(C(=O)NCC(CO)Cc2ccccn2)cc1. The predicted molar refractivity (Wildman–Crippen MR) is 91.4 cm³/mol. The Labute approximate surface area is 137 Å². The fourth-order valence-corrected chi connectivity index (χ4v) is 2.37. The van der Waals surface area contributed by atoms with Crippen LogP contribution in [0.1, 0.15) is 41.4 Å². The van der Waals surface area contributed by atoms with E-state index in [1.165, 1.54) is 5.56 Å². The third-order valence-corrected chi connectivity index (χ3v) is 3.87. The van der Waals surface area contributed by atoms with Crippen LogP contribution < -0.4 is 5.32 Å². The summed E-state index contributed by atoms with van der Waals surface area (Å²) in [6.45, 7) is 4.69. The van der Waals surface area contributed by atoms with Crippen molar-refractivity contribution in [2.75, 3.05) is 13.2 Å². The van der Waals surface area contributed by atoms with Gasteiger partial charge in [0, 0.05) is 36.5 Å². The number of nitrogens with one attached hydrogen (secondary N) is 1. The van der Waals surface area contributed by atoms with Gasteiger partial charge in [-0.1, -0.05) is 32.0 Å². The van der Waals surface area contributed by atoms with Gasteiger partial charge < -0.3 is 10.4 Å². The maximum absolute atomic E-state index is 12.2. The lowest BCUT2D eigenvalue weighted by Crippen LogP contribution is -2.32. The van der Waals surface area contributed by atoms with E-state index in [-0.39, 0.29) is 18.4 Å². The lowest BCUT2D eigenvalue weighted by Gasteiger charge is -2.15. The molecule has 0 aliphatic carbocycles. The van der Waals surface area contributed by atoms with Gasteiger partial charge in [-0.05, 0) is 42.2 Å². The van der Waals surface area contributed by atoms with E-state index in [4.69, 9.17) is 0 Å². The average Bonchev–Trinajstić information content (AvgIpc) is 2.59. The Morgan fingerprint density at radius 2 is 1.91 bits per heavy atom. The Kier molecular flexibility index (Phi) is 6.29. The molecular weight excluding hydrogens is 288 g/mol. The number of aliphatic hydroxyl groups is 1. The number of pyridine rings is 1. The summed E-state index contributed by atoms with van der Waals surface area (Å²) >= 11 is 0. The fraction of sp³-hybridized carbons (Fsp3) is 0.368. The highest BCUT2D eigenvalue weighted by atomic mass is 16.3. The number of hydrogen-bond acceptors (Lipinski definition) is 3. The summed E-state index contributed by atoms with van der Waals surface area (Å²) in [5.74, 6) is 0.299. The molecule has 1 aromatic heterocycles. The van der Waals surface area contributed by atoms with Gasteiger partial charge in [0.15, 0.2) is 0 Å². The summed E-state index contributed by atoms with van der Waals surface area (Å²) in [4.78, 5) is 16.4. The molecule has 23 heavy (non-hydrogen) atoms. The summed E-state index contributed by atoms with van der Waals surface area (Å²) < 4.78 is 0. The number of aromatic nitrogens is 1. The monoisotopic (exact) mass is 312 g/mol. The molecule has 0 fully saturated rings. The minimum Gasteiger partial charge on any atom is -0.396 e. The van der Waals surface area contributed by atoms with Gasteiger partial charge in [-0.3, -0.25) is 9.78 Å². The normalized spacial score (nSPS) is 12.2. The first-order valence-electron chi connectivity index (χ1n) is 7.99. The van der Waals surface area contributed by atoms with Crippen molar-refractivity contribution in [3.05, 3.63) is 65.5 Å². The second-order valence-electron chi connectivity index (χ2n) is 6.06. The van der Waals surface area contributed by atoms with E-state index in [9.17, 15) is 9.90 Å². The Balaban J connectivity index is 1.89. The molecule has 1 aromatic carbocycles. The third-order valence-electron chi connectivity index (χ3n) is 3.87. The first-order chi connectivity index (χ1) is 11.1. The van der Waals surface area contributed by atoms with Crippen molar-refractivity contribution < 1.29 is 9.90 Å². The van der Waals surface area contributed by atoms with Crippen LogP contribution >= 0.6 is 0 Å². The maximum atomic E-state index is 12.2. The minimum atomic E-state index is -0.111. The zero-order chi connectivity index (χ0) is 16.7. The predicted octanol–water partition coefficient (Wildman–Crippen LogP) is 2.79. The number of nitrogens with zero attached hydrogens (tertiary/aromatic N) is 1. The van der Waals surface area contributed by atoms with Crippen molar-refractivity contribution in [1.29, 1.82) is 0 Å². The summed E-state index contributed by atoms with van der Waals surface area (Å²) in [6.07, 6.45) is 2.38. The smallest absolute Gasteiger partial charge is 0.251 e. The third kappa shape index (κ3) is 5.18. The molecule has 4 nitrogen and oxygen atoms in total. The Bertz CT molecular complexity index is 609. The van der Waals surface area contributed by atoms with Crippen LogP contribution in [-0.4, -0.2) is 29.1 Å². The molecule has 4 heteroatoms. The number of amides is 1. The zero-order valence-electron chi connectivity index (χ0n) is 13.7. The molecule has 0 saturated carbocycles. The molecule has 0 radical (unpaired) electrons. The minimum absolute atomic E-state index is 0.0170. The van der Waals surface area contributed by atoms with Crippen LogP contribution in [-0.2, 0) is 6.42 Å². The van der Waals surface area contributed by atoms with Gasteiger partial charge in [-0.25, -0.2) is 0 Å². The first-order valence-corrected chi connectivity index (χ1v) is 7.99. The summed E-state index contributed by atoms with van der Waals surface area (Å²) in [6, 6.07) is 13.4. The summed E-state index contributed by atoms with van der Waals surface area (Å²) in [5.41, 5.74) is 2.77. The molecule has 0 aliphatic heterocycles. The maximum Gasteiger partial charge on any atom is 0.251 e. The quantitative estimate of drug-likeness (QED) is 0.826. The van der Waals surface area contributed by atoms with Gasteiger partial charge in [0.05, 0.1) is 0 Å². The van der Waals surface area contributed by atoms with E-state index in [2.05, 4.69) is 24.1 Å². The van der Waals surface area contributed by atoms with E-state index in [0.717, 1.165) is 5.69 Å². The molecule has 122 valence electrons. The fourth-order valence-electron chi connectivity index (χ4n) is 2.37. The van der Waals surface area contributed by atoms with Gasteiger partial charge >= 0.3 is 0 Å². The number of benzene rings is 1. The highest BCUT2D eigenvalue weighted by Crippen LogP contribution is 2.14. The van der Waals surface area contributed by atoms with Crippen molar-refractivity contribution in [1.82, 2.24) is 10.3 Å². The second kappa shape index (κ2) is 8.44. The number of carbonyl (C=O) groups excluding carboxylic acids is 1. The van der Waals surface area contributed by atoms with E-state index in [1.54, 1.807) is 6.20 Å². The average molecular weight is 312 g/mol. The molecule has 0 bridgehead atoms. The molecule has 1 unspecified atom stereocenters. The molecule has 2 N–H and O–H groups in total. The van der Waals surface area contributed by atoms with Crippen molar-refractivity contribution in [3.63, 3.8) is 0 Å². The van der Waals surface area contributed by atoms with Gasteiger partial charge in [0.25, 0.3) is 5.91 Å². The molecule has 2 rings (SSSR count). The number of rotatable bonds is 7. The Hall–Kier alpha value is -2.20. The van der Waals surface area contributed by atoms with Gasteiger partial charge in [0.1, 0.15) is 0 Å². The summed E-state index contributed by atoms with van der Waals surface area (Å²) in [7, 11) is 0. The van der Waals surface area contributed by atoms with Crippen LogP contribution in [0.25, 0.3) is 0 Å². The van der Waals surface area contributed by atoms with Gasteiger partial charge in [-0.2, -0.15) is 0 Å². The topological polar surface area (TPSA) is 62.2 Å². The highest BCUT2D eigenvalue weighted by molar-refractivity contribution is 5.94.